The lowest BCUT2D eigenvalue weighted by Crippen LogP contribution is -2.49. The SMILES string of the molecule is C[C@@H]1CN(CCCCC(C)(N)C(N)=O)C[C@H](C)O1. The number of carbonyl (C=O) groups is 1. The molecule has 1 aliphatic heterocycles. The summed E-state index contributed by atoms with van der Waals surface area (Å²) < 4.78 is 5.69. The number of amides is 1. The van der Waals surface area contributed by atoms with Crippen LogP contribution in [0.4, 0.5) is 0 Å². The number of rotatable bonds is 6. The molecule has 5 heteroatoms. The first-order valence-corrected chi connectivity index (χ1v) is 6.78. The lowest BCUT2D eigenvalue weighted by molar-refractivity contribution is -0.122. The summed E-state index contributed by atoms with van der Waals surface area (Å²) in [5, 5.41) is 0. The molecule has 0 spiro atoms. The summed E-state index contributed by atoms with van der Waals surface area (Å²) in [6, 6.07) is 0. The van der Waals surface area contributed by atoms with Gasteiger partial charge in [-0.3, -0.25) is 9.69 Å². The Morgan fingerprint density at radius 3 is 2.39 bits per heavy atom. The highest BCUT2D eigenvalue weighted by atomic mass is 16.5. The van der Waals surface area contributed by atoms with Gasteiger partial charge in [-0.25, -0.2) is 0 Å². The Labute approximate surface area is 110 Å². The largest absolute Gasteiger partial charge is 0.373 e. The van der Waals surface area contributed by atoms with Crippen molar-refractivity contribution in [1.29, 1.82) is 0 Å². The Hall–Kier alpha value is -0.650. The standard InChI is InChI=1S/C13H27N3O2/c1-10-8-16(9-11(2)18-10)7-5-4-6-13(3,15)12(14)17/h10-11H,4-9,15H2,1-3H3,(H2,14,17)/t10-,11+,13?. The average molecular weight is 257 g/mol. The Kier molecular flexibility index (Phi) is 5.56. The van der Waals surface area contributed by atoms with Crippen LogP contribution in [0.2, 0.25) is 0 Å². The lowest BCUT2D eigenvalue weighted by atomic mass is 9.95. The number of hydrogen-bond donors (Lipinski definition) is 2. The van der Waals surface area contributed by atoms with Gasteiger partial charge in [0, 0.05) is 13.1 Å². The Bertz CT molecular complexity index is 271. The average Bonchev–Trinajstić information content (AvgIpc) is 2.23. The van der Waals surface area contributed by atoms with Crippen LogP contribution in [0.25, 0.3) is 0 Å². The molecule has 1 fully saturated rings. The minimum absolute atomic E-state index is 0.305. The van der Waals surface area contributed by atoms with Crippen molar-refractivity contribution >= 4 is 5.91 Å². The molecule has 1 rings (SSSR count). The molecule has 1 aliphatic rings. The van der Waals surface area contributed by atoms with Gasteiger partial charge in [-0.15, -0.1) is 0 Å². The molecule has 3 atom stereocenters. The second-order valence-corrected chi connectivity index (χ2v) is 5.76. The van der Waals surface area contributed by atoms with Gasteiger partial charge in [-0.1, -0.05) is 0 Å². The van der Waals surface area contributed by atoms with Crippen LogP contribution in [0, 0.1) is 0 Å². The van der Waals surface area contributed by atoms with E-state index in [2.05, 4.69) is 18.7 Å². The van der Waals surface area contributed by atoms with Crippen LogP contribution in [-0.2, 0) is 9.53 Å². The molecule has 4 N–H and O–H groups in total. The number of nitrogens with two attached hydrogens (primary N) is 2. The van der Waals surface area contributed by atoms with Crippen LogP contribution in [0.3, 0.4) is 0 Å². The summed E-state index contributed by atoms with van der Waals surface area (Å²) in [6.45, 7) is 8.92. The zero-order valence-electron chi connectivity index (χ0n) is 11.8. The van der Waals surface area contributed by atoms with Crippen LogP contribution in [-0.4, -0.2) is 48.2 Å². The summed E-state index contributed by atoms with van der Waals surface area (Å²) in [5.41, 5.74) is 10.2. The minimum atomic E-state index is -0.869. The van der Waals surface area contributed by atoms with Gasteiger partial charge in [-0.05, 0) is 46.6 Å². The highest BCUT2D eigenvalue weighted by Crippen LogP contribution is 2.14. The molecule has 0 aromatic heterocycles. The molecule has 1 unspecified atom stereocenters. The van der Waals surface area contributed by atoms with Crippen LogP contribution in [0.15, 0.2) is 0 Å². The molecule has 18 heavy (non-hydrogen) atoms. The van der Waals surface area contributed by atoms with Gasteiger partial charge >= 0.3 is 0 Å². The first-order chi connectivity index (χ1) is 8.31. The molecular weight excluding hydrogens is 230 g/mol. The van der Waals surface area contributed by atoms with Crippen molar-refractivity contribution in [3.05, 3.63) is 0 Å². The Morgan fingerprint density at radius 1 is 1.33 bits per heavy atom. The minimum Gasteiger partial charge on any atom is -0.373 e. The van der Waals surface area contributed by atoms with Crippen molar-refractivity contribution in [2.45, 2.75) is 57.8 Å². The third kappa shape index (κ3) is 4.92. The molecule has 1 saturated heterocycles. The number of carbonyl (C=O) groups excluding carboxylic acids is 1. The van der Waals surface area contributed by atoms with Crippen molar-refractivity contribution in [2.24, 2.45) is 11.5 Å². The van der Waals surface area contributed by atoms with Gasteiger partial charge in [0.1, 0.15) is 0 Å². The van der Waals surface area contributed by atoms with Gasteiger partial charge in [0.05, 0.1) is 17.7 Å². The summed E-state index contributed by atoms with van der Waals surface area (Å²) >= 11 is 0. The van der Waals surface area contributed by atoms with E-state index in [0.29, 0.717) is 18.6 Å². The van der Waals surface area contributed by atoms with E-state index in [-0.39, 0.29) is 0 Å². The fourth-order valence-corrected chi connectivity index (χ4v) is 2.42. The molecule has 0 aromatic carbocycles. The van der Waals surface area contributed by atoms with Gasteiger partial charge in [-0.2, -0.15) is 0 Å². The topological polar surface area (TPSA) is 81.6 Å². The first-order valence-electron chi connectivity index (χ1n) is 6.78. The maximum Gasteiger partial charge on any atom is 0.237 e. The van der Waals surface area contributed by atoms with E-state index in [4.69, 9.17) is 16.2 Å². The van der Waals surface area contributed by atoms with E-state index >= 15 is 0 Å². The van der Waals surface area contributed by atoms with Crippen molar-refractivity contribution in [1.82, 2.24) is 4.90 Å². The predicted molar refractivity (Wildman–Crippen MR) is 72.1 cm³/mol. The summed E-state index contributed by atoms with van der Waals surface area (Å²) in [7, 11) is 0. The maximum absolute atomic E-state index is 11.1. The molecule has 1 amide bonds. The van der Waals surface area contributed by atoms with Crippen molar-refractivity contribution in [3.63, 3.8) is 0 Å². The molecule has 0 aliphatic carbocycles. The molecule has 106 valence electrons. The summed E-state index contributed by atoms with van der Waals surface area (Å²) in [4.78, 5) is 13.5. The quantitative estimate of drug-likeness (QED) is 0.678. The normalized spacial score (nSPS) is 28.9. The van der Waals surface area contributed by atoms with E-state index < -0.39 is 11.4 Å². The molecule has 5 nitrogen and oxygen atoms in total. The fraction of sp³-hybridized carbons (Fsp3) is 0.923. The maximum atomic E-state index is 11.1. The number of hydrogen-bond acceptors (Lipinski definition) is 4. The van der Waals surface area contributed by atoms with Crippen LogP contribution < -0.4 is 11.5 Å². The van der Waals surface area contributed by atoms with Gasteiger partial charge in [0.2, 0.25) is 5.91 Å². The molecule has 0 aromatic rings. The van der Waals surface area contributed by atoms with E-state index in [1.165, 1.54) is 0 Å². The number of nitrogens with zero attached hydrogens (tertiary/aromatic N) is 1. The van der Waals surface area contributed by atoms with Gasteiger partial charge in [0.15, 0.2) is 0 Å². The Balaban J connectivity index is 2.20. The monoisotopic (exact) mass is 257 g/mol. The van der Waals surface area contributed by atoms with Gasteiger partial charge < -0.3 is 16.2 Å². The zero-order valence-corrected chi connectivity index (χ0v) is 11.8. The Morgan fingerprint density at radius 2 is 1.89 bits per heavy atom. The number of unbranched alkanes of at least 4 members (excludes halogenated alkanes) is 1. The zero-order chi connectivity index (χ0) is 13.8. The molecular formula is C13H27N3O2. The van der Waals surface area contributed by atoms with Crippen LogP contribution in [0.1, 0.15) is 40.0 Å². The molecule has 0 bridgehead atoms. The van der Waals surface area contributed by atoms with E-state index in [1.807, 2.05) is 0 Å². The summed E-state index contributed by atoms with van der Waals surface area (Å²) in [6.07, 6.45) is 3.23. The second-order valence-electron chi connectivity index (χ2n) is 5.76. The van der Waals surface area contributed by atoms with E-state index in [9.17, 15) is 4.79 Å². The van der Waals surface area contributed by atoms with Crippen molar-refractivity contribution in [2.75, 3.05) is 19.6 Å². The second kappa shape index (κ2) is 6.50. The summed E-state index contributed by atoms with van der Waals surface area (Å²) in [5.74, 6) is -0.420. The van der Waals surface area contributed by atoms with Crippen LogP contribution in [0.5, 0.6) is 0 Å². The molecule has 1 heterocycles. The highest BCUT2D eigenvalue weighted by molar-refractivity contribution is 5.83. The third-order valence-electron chi connectivity index (χ3n) is 3.48. The van der Waals surface area contributed by atoms with Crippen LogP contribution >= 0.6 is 0 Å². The number of morpholine rings is 1. The highest BCUT2D eigenvalue weighted by Gasteiger charge is 2.25. The molecule has 0 radical (unpaired) electrons. The third-order valence-corrected chi connectivity index (χ3v) is 3.48. The smallest absolute Gasteiger partial charge is 0.237 e. The number of ether oxygens (including phenoxy) is 1. The van der Waals surface area contributed by atoms with Crippen molar-refractivity contribution < 1.29 is 9.53 Å². The van der Waals surface area contributed by atoms with Crippen molar-refractivity contribution in [3.8, 4) is 0 Å². The lowest BCUT2D eigenvalue weighted by Gasteiger charge is -2.35. The van der Waals surface area contributed by atoms with E-state index in [1.54, 1.807) is 6.92 Å². The molecule has 0 saturated carbocycles. The fourth-order valence-electron chi connectivity index (χ4n) is 2.42. The first kappa shape index (κ1) is 15.4. The number of primary amides is 1. The predicted octanol–water partition coefficient (Wildman–Crippen LogP) is 0.469. The van der Waals surface area contributed by atoms with E-state index in [0.717, 1.165) is 32.5 Å². The van der Waals surface area contributed by atoms with Gasteiger partial charge in [0.25, 0.3) is 0 Å².